The molecule has 10 heteroatoms. The van der Waals surface area contributed by atoms with E-state index in [1.165, 1.54) is 4.57 Å². The van der Waals surface area contributed by atoms with Crippen molar-refractivity contribution in [3.63, 3.8) is 0 Å². The van der Waals surface area contributed by atoms with Gasteiger partial charge in [-0.3, -0.25) is 14.2 Å². The number of esters is 1. The Labute approximate surface area is 256 Å². The molecule has 8 nitrogen and oxygen atoms in total. The fourth-order valence-electron chi connectivity index (χ4n) is 5.47. The van der Waals surface area contributed by atoms with Gasteiger partial charge in [-0.2, -0.15) is 0 Å². The zero-order valence-electron chi connectivity index (χ0n) is 24.0. The van der Waals surface area contributed by atoms with Crippen molar-refractivity contribution in [2.45, 2.75) is 39.5 Å². The average Bonchev–Trinajstić information content (AvgIpc) is 3.45. The van der Waals surface area contributed by atoms with Gasteiger partial charge in [0.2, 0.25) is 0 Å². The molecule has 2 aliphatic rings. The number of hydrogen-bond acceptors (Lipinski definition) is 7. The van der Waals surface area contributed by atoms with Crippen molar-refractivity contribution >= 4 is 46.1 Å². The van der Waals surface area contributed by atoms with Crippen molar-refractivity contribution < 1.29 is 19.1 Å². The number of allylic oxidation sites excluding steroid dienone is 1. The molecule has 3 aromatic carbocycles. The van der Waals surface area contributed by atoms with Gasteiger partial charge in [0.25, 0.3) is 11.5 Å². The Morgan fingerprint density at radius 2 is 1.72 bits per heavy atom. The molecule has 0 aliphatic carbocycles. The number of methoxy groups -OCH3 is 1. The number of amides is 1. The molecule has 3 heterocycles. The summed E-state index contributed by atoms with van der Waals surface area (Å²) in [7, 11) is 1.57. The highest BCUT2D eigenvalue weighted by atomic mass is 35.5. The number of fused-ring (bicyclic) bond motifs is 2. The summed E-state index contributed by atoms with van der Waals surface area (Å²) >= 11 is 7.58. The molecule has 2 aliphatic heterocycles. The number of rotatable bonds is 6. The minimum atomic E-state index is -0.811. The third-order valence-corrected chi connectivity index (χ3v) is 8.85. The van der Waals surface area contributed by atoms with Crippen LogP contribution in [0.5, 0.6) is 5.75 Å². The highest BCUT2D eigenvalue weighted by Gasteiger charge is 2.37. The maximum absolute atomic E-state index is 14.4. The lowest BCUT2D eigenvalue weighted by molar-refractivity contribution is -0.143. The van der Waals surface area contributed by atoms with Crippen molar-refractivity contribution in [1.29, 1.82) is 0 Å². The first kappa shape index (κ1) is 28.6. The van der Waals surface area contributed by atoms with E-state index in [-0.39, 0.29) is 28.7 Å². The van der Waals surface area contributed by atoms with E-state index in [4.69, 9.17) is 21.1 Å². The lowest BCUT2D eigenvalue weighted by Gasteiger charge is -2.25. The first-order chi connectivity index (χ1) is 20.7. The molecular weight excluding hydrogens is 586 g/mol. The van der Waals surface area contributed by atoms with Gasteiger partial charge in [0.15, 0.2) is 4.80 Å². The number of benzene rings is 3. The molecule has 0 spiro atoms. The van der Waals surface area contributed by atoms with Gasteiger partial charge in [0.05, 0.1) is 48.3 Å². The highest BCUT2D eigenvalue weighted by molar-refractivity contribution is 7.07. The van der Waals surface area contributed by atoms with Gasteiger partial charge in [0, 0.05) is 10.6 Å². The molecule has 0 N–H and O–H groups in total. The Balaban J connectivity index is 1.57. The number of carbonyl (C=O) groups is 2. The van der Waals surface area contributed by atoms with Crippen LogP contribution in [0.25, 0.3) is 5.57 Å². The molecular formula is C33H28ClN3O5S. The predicted molar refractivity (Wildman–Crippen MR) is 166 cm³/mol. The van der Waals surface area contributed by atoms with Crippen LogP contribution < -0.4 is 24.5 Å². The zero-order chi connectivity index (χ0) is 30.4. The fraction of sp³-hybridized carbons (Fsp3) is 0.212. The van der Waals surface area contributed by atoms with Crippen molar-refractivity contribution in [3.8, 4) is 5.75 Å². The van der Waals surface area contributed by atoms with E-state index < -0.39 is 17.6 Å². The van der Waals surface area contributed by atoms with Gasteiger partial charge in [0.1, 0.15) is 10.3 Å². The summed E-state index contributed by atoms with van der Waals surface area (Å²) < 4.78 is 12.7. The molecule has 6 rings (SSSR count). The van der Waals surface area contributed by atoms with Crippen molar-refractivity contribution in [2.75, 3.05) is 12.0 Å². The number of nitrogens with zero attached hydrogens (tertiary/aromatic N) is 3. The second-order valence-corrected chi connectivity index (χ2v) is 11.9. The Kier molecular flexibility index (Phi) is 7.54. The van der Waals surface area contributed by atoms with E-state index in [0.29, 0.717) is 43.7 Å². The molecule has 0 saturated heterocycles. The number of aromatic nitrogens is 1. The molecule has 0 radical (unpaired) electrons. The van der Waals surface area contributed by atoms with E-state index in [1.807, 2.05) is 54.6 Å². The van der Waals surface area contributed by atoms with Crippen molar-refractivity contribution in [1.82, 2.24) is 4.57 Å². The quantitative estimate of drug-likeness (QED) is 0.292. The van der Waals surface area contributed by atoms with E-state index in [2.05, 4.69) is 4.99 Å². The smallest absolute Gasteiger partial charge is 0.338 e. The van der Waals surface area contributed by atoms with E-state index in [0.717, 1.165) is 16.9 Å². The number of ether oxygens (including phenoxy) is 2. The topological polar surface area (TPSA) is 90.2 Å². The third kappa shape index (κ3) is 4.98. The van der Waals surface area contributed by atoms with Crippen molar-refractivity contribution in [2.24, 2.45) is 4.99 Å². The van der Waals surface area contributed by atoms with Crippen LogP contribution in [0.4, 0.5) is 5.69 Å². The van der Waals surface area contributed by atoms with Crippen LogP contribution in [-0.4, -0.2) is 29.7 Å². The first-order valence-electron chi connectivity index (χ1n) is 13.7. The average molecular weight is 614 g/mol. The summed E-state index contributed by atoms with van der Waals surface area (Å²) in [4.78, 5) is 48.6. The number of thiazole rings is 1. The van der Waals surface area contributed by atoms with Gasteiger partial charge in [-0.25, -0.2) is 9.79 Å². The summed E-state index contributed by atoms with van der Waals surface area (Å²) in [5.74, 6) is -0.220. The first-order valence-corrected chi connectivity index (χ1v) is 14.9. The molecule has 0 saturated carbocycles. The van der Waals surface area contributed by atoms with Crippen molar-refractivity contribution in [3.05, 3.63) is 125 Å². The summed E-state index contributed by atoms with van der Waals surface area (Å²) in [5, 5.41) is 0.552. The largest absolute Gasteiger partial charge is 0.497 e. The molecule has 1 aromatic heterocycles. The molecule has 4 aromatic rings. The second kappa shape index (κ2) is 11.3. The molecule has 1 amide bonds. The summed E-state index contributed by atoms with van der Waals surface area (Å²) in [6.07, 6.45) is -0.368. The maximum atomic E-state index is 14.4. The molecule has 0 bridgehead atoms. The van der Waals surface area contributed by atoms with Gasteiger partial charge in [-0.1, -0.05) is 71.5 Å². The summed E-state index contributed by atoms with van der Waals surface area (Å²) in [5.41, 5.74) is 3.42. The molecule has 0 unspecified atom stereocenters. The number of carbonyl (C=O) groups excluding carboxylic acids is 2. The Hall–Kier alpha value is -4.47. The molecule has 0 fully saturated rings. The normalized spacial score (nSPS) is 17.1. The van der Waals surface area contributed by atoms with Crippen LogP contribution in [0.2, 0.25) is 5.02 Å². The zero-order valence-corrected chi connectivity index (χ0v) is 25.5. The summed E-state index contributed by atoms with van der Waals surface area (Å²) in [6.45, 7) is 5.51. The highest BCUT2D eigenvalue weighted by Crippen LogP contribution is 2.37. The lowest BCUT2D eigenvalue weighted by atomic mass is 9.95. The molecule has 43 heavy (non-hydrogen) atoms. The predicted octanol–water partition coefficient (Wildman–Crippen LogP) is 4.77. The molecule has 1 atom stereocenters. The standard InChI is InChI=1S/C33H28ClN3O5S/c1-18(2)42-32(40)26-19(3)35-33-37(28(26)20-13-15-22(41-4)16-14-20)31(39)29(43-33)27-23-10-6-8-12-25(23)36(30(27)38)17-21-9-5-7-11-24(21)34/h5-16,18,28H,17H2,1-4H3/b29-27-/t28-/m1/s1. The minimum Gasteiger partial charge on any atom is -0.497 e. The number of anilines is 1. The van der Waals surface area contributed by atoms with Crippen LogP contribution in [0, 0.1) is 0 Å². The summed E-state index contributed by atoms with van der Waals surface area (Å²) in [6, 6.07) is 21.1. The minimum absolute atomic E-state index is 0.246. The van der Waals surface area contributed by atoms with Gasteiger partial charge in [-0.05, 0) is 56.2 Å². The van der Waals surface area contributed by atoms with Crippen LogP contribution in [0.3, 0.4) is 0 Å². The SMILES string of the molecule is COc1ccc([C@@H]2C(C(=O)OC(C)C)=C(C)N=c3s/c(=C4\C(=O)N(Cc5ccccc5Cl)c5ccccc54)c(=O)n32)cc1. The van der Waals surface area contributed by atoms with E-state index >= 15 is 0 Å². The van der Waals surface area contributed by atoms with E-state index in [1.54, 1.807) is 51.0 Å². The third-order valence-electron chi connectivity index (χ3n) is 7.43. The van der Waals surface area contributed by atoms with E-state index in [9.17, 15) is 14.4 Å². The van der Waals surface area contributed by atoms with Gasteiger partial charge < -0.3 is 14.4 Å². The van der Waals surface area contributed by atoms with Crippen LogP contribution in [-0.2, 0) is 20.9 Å². The van der Waals surface area contributed by atoms with Gasteiger partial charge in [-0.15, -0.1) is 0 Å². The van der Waals surface area contributed by atoms with Crippen LogP contribution >= 0.6 is 22.9 Å². The lowest BCUT2D eigenvalue weighted by Crippen LogP contribution is -2.41. The Morgan fingerprint density at radius 1 is 1.02 bits per heavy atom. The number of halogens is 1. The number of hydrogen-bond donors (Lipinski definition) is 0. The fourth-order valence-corrected chi connectivity index (χ4v) is 6.80. The van der Waals surface area contributed by atoms with Gasteiger partial charge >= 0.3 is 5.97 Å². The monoisotopic (exact) mass is 613 g/mol. The van der Waals surface area contributed by atoms with Crippen LogP contribution in [0.15, 0.2) is 93.9 Å². The second-order valence-electron chi connectivity index (χ2n) is 10.5. The number of para-hydroxylation sites is 1. The Bertz CT molecular complexity index is 1990. The molecule has 218 valence electrons. The Morgan fingerprint density at radius 3 is 2.42 bits per heavy atom. The maximum Gasteiger partial charge on any atom is 0.338 e. The van der Waals surface area contributed by atoms with Crippen LogP contribution in [0.1, 0.15) is 43.5 Å².